The Kier molecular flexibility index (Phi) is 8.07. The molecular formula is C22H25ClN4O3S2. The topological polar surface area (TPSA) is 69.5 Å². The number of rotatable bonds is 10. The van der Waals surface area contributed by atoms with E-state index in [-0.39, 0.29) is 17.8 Å². The minimum atomic E-state index is 0.0130. The Morgan fingerprint density at radius 1 is 1.34 bits per heavy atom. The third-order valence-corrected chi connectivity index (χ3v) is 7.20. The number of thiophene rings is 1. The summed E-state index contributed by atoms with van der Waals surface area (Å²) >= 11 is 8.92. The monoisotopic (exact) mass is 492 g/mol. The molecule has 170 valence electrons. The zero-order chi connectivity index (χ0) is 22.3. The van der Waals surface area contributed by atoms with E-state index < -0.39 is 0 Å². The van der Waals surface area contributed by atoms with Crippen LogP contribution in [0.15, 0.2) is 46.9 Å². The molecule has 32 heavy (non-hydrogen) atoms. The third kappa shape index (κ3) is 6.04. The molecule has 1 amide bonds. The Bertz CT molecular complexity index is 1000. The lowest BCUT2D eigenvalue weighted by molar-refractivity contribution is -0.127. The van der Waals surface area contributed by atoms with Crippen LogP contribution in [-0.2, 0) is 16.1 Å². The molecule has 0 N–H and O–H groups in total. The molecule has 1 aromatic carbocycles. The molecule has 0 saturated carbocycles. The Labute approximate surface area is 200 Å². The molecule has 7 nitrogen and oxygen atoms in total. The summed E-state index contributed by atoms with van der Waals surface area (Å²) in [6.45, 7) is 2.39. The predicted octanol–water partition coefficient (Wildman–Crippen LogP) is 4.47. The third-order valence-electron chi connectivity index (χ3n) is 5.13. The van der Waals surface area contributed by atoms with E-state index in [0.717, 1.165) is 41.1 Å². The van der Waals surface area contributed by atoms with Gasteiger partial charge in [-0.15, -0.1) is 21.5 Å². The molecule has 0 radical (unpaired) electrons. The van der Waals surface area contributed by atoms with Gasteiger partial charge in [0.15, 0.2) is 11.0 Å². The summed E-state index contributed by atoms with van der Waals surface area (Å²) in [5.74, 6) is 1.85. The molecule has 10 heteroatoms. The molecule has 3 heterocycles. The number of nitrogens with zero attached hydrogens (tertiary/aromatic N) is 4. The SMILES string of the molecule is CN(CCOc1ccc(Cl)cc1)C(=O)CSc1nnc(-c2cccs2)n1CC1CCCO1. The highest BCUT2D eigenvalue weighted by Gasteiger charge is 2.23. The molecular weight excluding hydrogens is 468 g/mol. The molecule has 1 fully saturated rings. The standard InChI is InChI=1S/C22H25ClN4O3S2/c1-26(10-12-30-17-8-6-16(23)7-9-17)20(28)15-32-22-25-24-21(19-5-3-13-31-19)27(22)14-18-4-2-11-29-18/h3,5-9,13,18H,2,4,10-12,14-15H2,1H3. The van der Waals surface area contributed by atoms with Crippen LogP contribution in [0.3, 0.4) is 0 Å². The summed E-state index contributed by atoms with van der Waals surface area (Å²) in [5, 5.41) is 12.2. The van der Waals surface area contributed by atoms with Crippen molar-refractivity contribution >= 4 is 40.6 Å². The second-order valence-electron chi connectivity index (χ2n) is 7.44. The van der Waals surface area contributed by atoms with Crippen molar-refractivity contribution in [3.05, 3.63) is 46.8 Å². The molecule has 1 aliphatic rings. The van der Waals surface area contributed by atoms with Crippen molar-refractivity contribution in [3.8, 4) is 16.5 Å². The summed E-state index contributed by atoms with van der Waals surface area (Å²) in [5.41, 5.74) is 0. The van der Waals surface area contributed by atoms with Crippen molar-refractivity contribution in [2.75, 3.05) is 32.6 Å². The molecule has 4 rings (SSSR count). The lowest BCUT2D eigenvalue weighted by Gasteiger charge is -2.18. The number of thioether (sulfide) groups is 1. The fourth-order valence-corrected chi connectivity index (χ4v) is 5.06. The van der Waals surface area contributed by atoms with Crippen LogP contribution in [0.25, 0.3) is 10.7 Å². The van der Waals surface area contributed by atoms with Crippen molar-refractivity contribution in [2.45, 2.75) is 30.6 Å². The van der Waals surface area contributed by atoms with Crippen LogP contribution < -0.4 is 4.74 Å². The minimum Gasteiger partial charge on any atom is -0.492 e. The van der Waals surface area contributed by atoms with Gasteiger partial charge in [0.1, 0.15) is 12.4 Å². The number of benzene rings is 1. The van der Waals surface area contributed by atoms with Gasteiger partial charge in [-0.3, -0.25) is 9.36 Å². The van der Waals surface area contributed by atoms with E-state index >= 15 is 0 Å². The number of likely N-dealkylation sites (N-methyl/N-ethyl adjacent to an activating group) is 1. The van der Waals surface area contributed by atoms with E-state index in [9.17, 15) is 4.79 Å². The number of ether oxygens (including phenoxy) is 2. The average Bonchev–Trinajstić information content (AvgIpc) is 3.56. The van der Waals surface area contributed by atoms with Crippen LogP contribution in [0.1, 0.15) is 12.8 Å². The Morgan fingerprint density at radius 2 is 2.19 bits per heavy atom. The highest BCUT2D eigenvalue weighted by Crippen LogP contribution is 2.29. The van der Waals surface area contributed by atoms with E-state index in [1.54, 1.807) is 35.4 Å². The van der Waals surface area contributed by atoms with Crippen LogP contribution >= 0.6 is 34.7 Å². The first-order valence-electron chi connectivity index (χ1n) is 10.4. The van der Waals surface area contributed by atoms with E-state index in [1.165, 1.54) is 11.8 Å². The van der Waals surface area contributed by atoms with E-state index in [4.69, 9.17) is 21.1 Å². The van der Waals surface area contributed by atoms with Crippen molar-refractivity contribution in [3.63, 3.8) is 0 Å². The van der Waals surface area contributed by atoms with Crippen molar-refractivity contribution in [1.29, 1.82) is 0 Å². The van der Waals surface area contributed by atoms with Gasteiger partial charge in [0.25, 0.3) is 0 Å². The quantitative estimate of drug-likeness (QED) is 0.389. The van der Waals surface area contributed by atoms with Gasteiger partial charge in [0, 0.05) is 18.7 Å². The lowest BCUT2D eigenvalue weighted by Crippen LogP contribution is -2.32. The number of halogens is 1. The fraction of sp³-hybridized carbons (Fsp3) is 0.409. The molecule has 2 aromatic heterocycles. The Balaban J connectivity index is 1.32. The van der Waals surface area contributed by atoms with Gasteiger partial charge in [0.05, 0.1) is 29.8 Å². The molecule has 1 atom stereocenters. The van der Waals surface area contributed by atoms with Gasteiger partial charge in [-0.1, -0.05) is 29.4 Å². The van der Waals surface area contributed by atoms with Crippen molar-refractivity contribution < 1.29 is 14.3 Å². The average molecular weight is 493 g/mol. The fourth-order valence-electron chi connectivity index (χ4n) is 3.33. The summed E-state index contributed by atoms with van der Waals surface area (Å²) < 4.78 is 13.6. The molecule has 1 unspecified atom stereocenters. The van der Waals surface area contributed by atoms with Gasteiger partial charge >= 0.3 is 0 Å². The Hall–Kier alpha value is -2.07. The summed E-state index contributed by atoms with van der Waals surface area (Å²) in [6, 6.07) is 11.2. The zero-order valence-electron chi connectivity index (χ0n) is 17.8. The maximum atomic E-state index is 12.6. The van der Waals surface area contributed by atoms with Crippen LogP contribution in [0, 0.1) is 0 Å². The molecule has 0 spiro atoms. The van der Waals surface area contributed by atoms with Crippen LogP contribution in [0.5, 0.6) is 5.75 Å². The Morgan fingerprint density at radius 3 is 2.91 bits per heavy atom. The van der Waals surface area contributed by atoms with E-state index in [2.05, 4.69) is 14.8 Å². The van der Waals surface area contributed by atoms with Gasteiger partial charge in [-0.25, -0.2) is 0 Å². The summed E-state index contributed by atoms with van der Waals surface area (Å²) in [6.07, 6.45) is 2.26. The number of hydrogen-bond donors (Lipinski definition) is 0. The summed E-state index contributed by atoms with van der Waals surface area (Å²) in [4.78, 5) is 15.4. The normalized spacial score (nSPS) is 15.8. The van der Waals surface area contributed by atoms with E-state index in [1.807, 2.05) is 29.6 Å². The predicted molar refractivity (Wildman–Crippen MR) is 128 cm³/mol. The maximum Gasteiger partial charge on any atom is 0.232 e. The number of carbonyl (C=O) groups excluding carboxylic acids is 1. The van der Waals surface area contributed by atoms with Gasteiger partial charge in [0.2, 0.25) is 5.91 Å². The highest BCUT2D eigenvalue weighted by atomic mass is 35.5. The molecule has 0 bridgehead atoms. The molecule has 1 aliphatic heterocycles. The van der Waals surface area contributed by atoms with Crippen molar-refractivity contribution in [1.82, 2.24) is 19.7 Å². The van der Waals surface area contributed by atoms with Crippen LogP contribution in [-0.4, -0.2) is 64.2 Å². The number of aromatic nitrogens is 3. The van der Waals surface area contributed by atoms with Gasteiger partial charge in [-0.05, 0) is 48.6 Å². The second kappa shape index (κ2) is 11.2. The van der Waals surface area contributed by atoms with Gasteiger partial charge < -0.3 is 14.4 Å². The smallest absolute Gasteiger partial charge is 0.232 e. The first-order chi connectivity index (χ1) is 15.6. The molecule has 0 aliphatic carbocycles. The number of amides is 1. The molecule has 1 saturated heterocycles. The second-order valence-corrected chi connectivity index (χ2v) is 9.76. The number of hydrogen-bond acceptors (Lipinski definition) is 7. The largest absolute Gasteiger partial charge is 0.492 e. The maximum absolute atomic E-state index is 12.6. The zero-order valence-corrected chi connectivity index (χ0v) is 20.2. The first-order valence-corrected chi connectivity index (χ1v) is 12.7. The minimum absolute atomic E-state index is 0.0130. The first kappa shape index (κ1) is 23.1. The summed E-state index contributed by atoms with van der Waals surface area (Å²) in [7, 11) is 1.78. The van der Waals surface area contributed by atoms with E-state index in [0.29, 0.717) is 24.7 Å². The van der Waals surface area contributed by atoms with Crippen LogP contribution in [0.4, 0.5) is 0 Å². The van der Waals surface area contributed by atoms with Gasteiger partial charge in [-0.2, -0.15) is 0 Å². The molecule has 3 aromatic rings. The lowest BCUT2D eigenvalue weighted by atomic mass is 10.2. The van der Waals surface area contributed by atoms with Crippen molar-refractivity contribution in [2.24, 2.45) is 0 Å². The number of carbonyl (C=O) groups is 1. The van der Waals surface area contributed by atoms with Crippen LogP contribution in [0.2, 0.25) is 5.02 Å². The highest BCUT2D eigenvalue weighted by molar-refractivity contribution is 7.99.